The van der Waals surface area contributed by atoms with Gasteiger partial charge in [0.1, 0.15) is 6.10 Å². The van der Waals surface area contributed by atoms with Crippen LogP contribution in [0.2, 0.25) is 10.0 Å². The summed E-state index contributed by atoms with van der Waals surface area (Å²) < 4.78 is 0. The molecule has 0 aliphatic rings. The van der Waals surface area contributed by atoms with Crippen molar-refractivity contribution >= 4 is 23.2 Å². The maximum absolute atomic E-state index is 9.78. The Hall–Kier alpha value is -0.320. The van der Waals surface area contributed by atoms with Gasteiger partial charge >= 0.3 is 0 Å². The van der Waals surface area contributed by atoms with Crippen LogP contribution in [0, 0.1) is 0 Å². The molecular formula is C10H13Cl2NO2. The molecule has 2 unspecified atom stereocenters. The van der Waals surface area contributed by atoms with Crippen LogP contribution >= 0.6 is 23.2 Å². The minimum atomic E-state index is -1.06. The Morgan fingerprint density at radius 3 is 2.53 bits per heavy atom. The van der Waals surface area contributed by atoms with E-state index in [9.17, 15) is 10.2 Å². The Labute approximate surface area is 98.4 Å². The summed E-state index contributed by atoms with van der Waals surface area (Å²) in [5, 5.41) is 20.2. The molecule has 4 N–H and O–H groups in total. The molecule has 0 aliphatic heterocycles. The summed E-state index contributed by atoms with van der Waals surface area (Å²) in [6, 6.07) is 4.74. The molecule has 84 valence electrons. The van der Waals surface area contributed by atoms with Gasteiger partial charge in [-0.05, 0) is 31.2 Å². The van der Waals surface area contributed by atoms with Crippen LogP contribution < -0.4 is 5.73 Å². The van der Waals surface area contributed by atoms with Gasteiger partial charge in [-0.1, -0.05) is 23.2 Å². The lowest BCUT2D eigenvalue weighted by molar-refractivity contribution is 0.0151. The van der Waals surface area contributed by atoms with E-state index in [4.69, 9.17) is 28.9 Å². The molecule has 1 rings (SSSR count). The fourth-order valence-corrected chi connectivity index (χ4v) is 1.69. The Morgan fingerprint density at radius 1 is 1.27 bits per heavy atom. The Balaban J connectivity index is 2.89. The summed E-state index contributed by atoms with van der Waals surface area (Å²) in [6.45, 7) is 0.302. The molecule has 5 heteroatoms. The number of nitrogens with two attached hydrogens (primary N) is 1. The average molecular weight is 250 g/mol. The summed E-state index contributed by atoms with van der Waals surface area (Å²) >= 11 is 11.6. The zero-order valence-corrected chi connectivity index (χ0v) is 9.54. The van der Waals surface area contributed by atoms with Gasteiger partial charge in [0.05, 0.1) is 6.10 Å². The predicted molar refractivity (Wildman–Crippen MR) is 61.1 cm³/mol. The van der Waals surface area contributed by atoms with E-state index in [0.717, 1.165) is 0 Å². The van der Waals surface area contributed by atoms with Crippen molar-refractivity contribution in [1.29, 1.82) is 0 Å². The van der Waals surface area contributed by atoms with Gasteiger partial charge in [0.2, 0.25) is 0 Å². The molecule has 0 spiro atoms. The van der Waals surface area contributed by atoms with Gasteiger partial charge in [0.25, 0.3) is 0 Å². The van der Waals surface area contributed by atoms with Crippen LogP contribution in [0.4, 0.5) is 0 Å². The molecule has 0 radical (unpaired) electrons. The number of hydrogen-bond acceptors (Lipinski definition) is 3. The lowest BCUT2D eigenvalue weighted by Crippen LogP contribution is -2.22. The van der Waals surface area contributed by atoms with Gasteiger partial charge < -0.3 is 15.9 Å². The van der Waals surface area contributed by atoms with E-state index >= 15 is 0 Å². The first kappa shape index (κ1) is 12.7. The van der Waals surface area contributed by atoms with Gasteiger partial charge in [-0.25, -0.2) is 0 Å². The van der Waals surface area contributed by atoms with Crippen molar-refractivity contribution in [3.8, 4) is 0 Å². The summed E-state index contributed by atoms with van der Waals surface area (Å²) in [4.78, 5) is 0. The van der Waals surface area contributed by atoms with Gasteiger partial charge in [-0.15, -0.1) is 0 Å². The topological polar surface area (TPSA) is 66.5 Å². The average Bonchev–Trinajstić information content (AvgIpc) is 2.21. The van der Waals surface area contributed by atoms with Crippen molar-refractivity contribution < 1.29 is 10.2 Å². The maximum Gasteiger partial charge on any atom is 0.106 e. The van der Waals surface area contributed by atoms with Gasteiger partial charge in [0.15, 0.2) is 0 Å². The van der Waals surface area contributed by atoms with Crippen LogP contribution in [0.5, 0.6) is 0 Å². The fraction of sp³-hybridized carbons (Fsp3) is 0.400. The minimum Gasteiger partial charge on any atom is -0.390 e. The van der Waals surface area contributed by atoms with E-state index in [1.54, 1.807) is 12.1 Å². The van der Waals surface area contributed by atoms with Crippen LogP contribution in [0.25, 0.3) is 0 Å². The maximum atomic E-state index is 9.78. The molecule has 3 nitrogen and oxygen atoms in total. The lowest BCUT2D eigenvalue weighted by Gasteiger charge is -2.18. The van der Waals surface area contributed by atoms with E-state index in [2.05, 4.69) is 0 Å². The highest BCUT2D eigenvalue weighted by atomic mass is 35.5. The van der Waals surface area contributed by atoms with Crippen LogP contribution in [0.15, 0.2) is 18.2 Å². The fourth-order valence-electron chi connectivity index (χ4n) is 1.28. The Kier molecular flexibility index (Phi) is 4.83. The van der Waals surface area contributed by atoms with Crippen molar-refractivity contribution in [2.45, 2.75) is 18.6 Å². The van der Waals surface area contributed by atoms with Gasteiger partial charge in [-0.2, -0.15) is 0 Å². The molecule has 0 fully saturated rings. The molecule has 15 heavy (non-hydrogen) atoms. The van der Waals surface area contributed by atoms with E-state index in [1.165, 1.54) is 6.07 Å². The largest absolute Gasteiger partial charge is 0.390 e. The second-order valence-corrected chi connectivity index (χ2v) is 4.10. The SMILES string of the molecule is NCCC(O)C(O)c1cc(Cl)ccc1Cl. The number of aliphatic hydroxyl groups excluding tert-OH is 2. The van der Waals surface area contributed by atoms with Crippen LogP contribution in [-0.2, 0) is 0 Å². The number of benzene rings is 1. The van der Waals surface area contributed by atoms with E-state index < -0.39 is 12.2 Å². The number of aliphatic hydroxyl groups is 2. The van der Waals surface area contributed by atoms with Gasteiger partial charge in [-0.3, -0.25) is 0 Å². The van der Waals surface area contributed by atoms with E-state index in [1.807, 2.05) is 0 Å². The highest BCUT2D eigenvalue weighted by molar-refractivity contribution is 6.33. The molecular weight excluding hydrogens is 237 g/mol. The quantitative estimate of drug-likeness (QED) is 0.762. The van der Waals surface area contributed by atoms with Crippen molar-refractivity contribution in [1.82, 2.24) is 0 Å². The van der Waals surface area contributed by atoms with Crippen molar-refractivity contribution in [3.63, 3.8) is 0 Å². The third-order valence-electron chi connectivity index (χ3n) is 2.10. The Bertz CT molecular complexity index is 333. The highest BCUT2D eigenvalue weighted by Crippen LogP contribution is 2.28. The van der Waals surface area contributed by atoms with Crippen LogP contribution in [-0.4, -0.2) is 22.9 Å². The molecule has 0 aliphatic carbocycles. The lowest BCUT2D eigenvalue weighted by atomic mass is 10.0. The molecule has 0 amide bonds. The molecule has 0 saturated carbocycles. The van der Waals surface area contributed by atoms with E-state index in [-0.39, 0.29) is 0 Å². The summed E-state index contributed by atoms with van der Waals surface area (Å²) in [5.74, 6) is 0. The summed E-state index contributed by atoms with van der Waals surface area (Å²) in [7, 11) is 0. The minimum absolute atomic E-state index is 0.302. The molecule has 0 saturated heterocycles. The smallest absolute Gasteiger partial charge is 0.106 e. The standard InChI is InChI=1S/C10H13Cl2NO2/c11-6-1-2-8(12)7(5-6)10(15)9(14)3-4-13/h1-2,5,9-10,14-15H,3-4,13H2. The second-order valence-electron chi connectivity index (χ2n) is 3.26. The van der Waals surface area contributed by atoms with Gasteiger partial charge in [0, 0.05) is 15.6 Å². The molecule has 2 atom stereocenters. The zero-order chi connectivity index (χ0) is 11.4. The molecule has 0 aromatic heterocycles. The molecule has 0 bridgehead atoms. The molecule has 1 aromatic rings. The first-order chi connectivity index (χ1) is 7.06. The third-order valence-corrected chi connectivity index (χ3v) is 2.68. The molecule has 1 aromatic carbocycles. The highest BCUT2D eigenvalue weighted by Gasteiger charge is 2.20. The number of hydrogen-bond donors (Lipinski definition) is 3. The normalized spacial score (nSPS) is 15.0. The first-order valence-electron chi connectivity index (χ1n) is 4.57. The predicted octanol–water partition coefficient (Wildman–Crippen LogP) is 1.74. The first-order valence-corrected chi connectivity index (χ1v) is 5.33. The van der Waals surface area contributed by atoms with Crippen molar-refractivity contribution in [2.24, 2.45) is 5.73 Å². The molecule has 0 heterocycles. The van der Waals surface area contributed by atoms with Crippen molar-refractivity contribution in [2.75, 3.05) is 6.54 Å². The zero-order valence-electron chi connectivity index (χ0n) is 8.03. The monoisotopic (exact) mass is 249 g/mol. The summed E-state index contributed by atoms with van der Waals surface area (Å²) in [5.41, 5.74) is 5.70. The second kappa shape index (κ2) is 5.68. The third kappa shape index (κ3) is 3.33. The summed E-state index contributed by atoms with van der Waals surface area (Å²) in [6.07, 6.45) is -1.67. The van der Waals surface area contributed by atoms with Crippen molar-refractivity contribution in [3.05, 3.63) is 33.8 Å². The van der Waals surface area contributed by atoms with E-state index in [0.29, 0.717) is 28.6 Å². The van der Waals surface area contributed by atoms with Crippen LogP contribution in [0.3, 0.4) is 0 Å². The number of halogens is 2. The number of rotatable bonds is 4. The van der Waals surface area contributed by atoms with Crippen LogP contribution in [0.1, 0.15) is 18.1 Å². The Morgan fingerprint density at radius 2 is 1.93 bits per heavy atom.